The molecule has 3 amide bonds. The van der Waals surface area contributed by atoms with Gasteiger partial charge in [0.05, 0.1) is 0 Å². The predicted molar refractivity (Wildman–Crippen MR) is 111 cm³/mol. The second-order valence-corrected chi connectivity index (χ2v) is 8.48. The zero-order valence-electron chi connectivity index (χ0n) is 16.9. The lowest BCUT2D eigenvalue weighted by molar-refractivity contribution is -0.123. The number of likely N-dealkylation sites (tertiary alicyclic amines) is 1. The third-order valence-electron chi connectivity index (χ3n) is 6.29. The maximum Gasteiger partial charge on any atom is 0.312 e. The molecule has 1 unspecified atom stereocenters. The SMILES string of the molecule is CC1CCN(C2CCC(NC(=O)C(Cc3ccccc3)NC(N)=O)CC2)CC1. The lowest BCUT2D eigenvalue weighted by Crippen LogP contribution is -2.53. The molecule has 4 N–H and O–H groups in total. The summed E-state index contributed by atoms with van der Waals surface area (Å²) in [5.41, 5.74) is 6.29. The van der Waals surface area contributed by atoms with Crippen LogP contribution in [0.3, 0.4) is 0 Å². The number of carbonyl (C=O) groups is 2. The Bertz CT molecular complexity index is 635. The van der Waals surface area contributed by atoms with Crippen LogP contribution in [0.4, 0.5) is 4.79 Å². The van der Waals surface area contributed by atoms with Gasteiger partial charge in [-0.2, -0.15) is 0 Å². The van der Waals surface area contributed by atoms with Crippen LogP contribution < -0.4 is 16.4 Å². The molecule has 0 aromatic heterocycles. The number of nitrogens with two attached hydrogens (primary N) is 1. The number of hydrogen-bond donors (Lipinski definition) is 3. The Morgan fingerprint density at radius 2 is 1.71 bits per heavy atom. The number of benzene rings is 1. The van der Waals surface area contributed by atoms with Gasteiger partial charge in [-0.25, -0.2) is 4.79 Å². The molecular weight excluding hydrogens is 352 g/mol. The number of nitrogens with one attached hydrogen (secondary N) is 2. The average molecular weight is 387 g/mol. The number of carbonyl (C=O) groups excluding carboxylic acids is 2. The molecular formula is C22H34N4O2. The summed E-state index contributed by atoms with van der Waals surface area (Å²) < 4.78 is 0. The first-order valence-corrected chi connectivity index (χ1v) is 10.7. The Labute approximate surface area is 168 Å². The van der Waals surface area contributed by atoms with E-state index in [1.807, 2.05) is 30.3 Å². The summed E-state index contributed by atoms with van der Waals surface area (Å²) in [4.78, 5) is 26.8. The Hall–Kier alpha value is -2.08. The van der Waals surface area contributed by atoms with Crippen molar-refractivity contribution >= 4 is 11.9 Å². The number of amides is 3. The van der Waals surface area contributed by atoms with Crippen LogP contribution in [0.15, 0.2) is 30.3 Å². The average Bonchev–Trinajstić information content (AvgIpc) is 2.69. The Kier molecular flexibility index (Phi) is 7.31. The molecule has 1 aliphatic heterocycles. The molecule has 1 saturated carbocycles. The van der Waals surface area contributed by atoms with Crippen molar-refractivity contribution in [3.8, 4) is 0 Å². The van der Waals surface area contributed by atoms with E-state index < -0.39 is 12.1 Å². The molecule has 28 heavy (non-hydrogen) atoms. The van der Waals surface area contributed by atoms with Crippen LogP contribution in [-0.4, -0.2) is 48.1 Å². The van der Waals surface area contributed by atoms with E-state index in [4.69, 9.17) is 5.73 Å². The quantitative estimate of drug-likeness (QED) is 0.702. The fourth-order valence-corrected chi connectivity index (χ4v) is 4.51. The van der Waals surface area contributed by atoms with E-state index in [1.165, 1.54) is 25.9 Å². The van der Waals surface area contributed by atoms with Gasteiger partial charge in [-0.15, -0.1) is 0 Å². The van der Waals surface area contributed by atoms with Crippen molar-refractivity contribution in [1.82, 2.24) is 15.5 Å². The van der Waals surface area contributed by atoms with Gasteiger partial charge in [-0.3, -0.25) is 4.79 Å². The maximum absolute atomic E-state index is 12.8. The molecule has 6 heteroatoms. The van der Waals surface area contributed by atoms with Gasteiger partial charge < -0.3 is 21.3 Å². The van der Waals surface area contributed by atoms with Crippen LogP contribution in [-0.2, 0) is 11.2 Å². The lowest BCUT2D eigenvalue weighted by atomic mass is 9.88. The summed E-state index contributed by atoms with van der Waals surface area (Å²) in [5.74, 6) is 0.712. The van der Waals surface area contributed by atoms with E-state index in [2.05, 4.69) is 22.5 Å². The van der Waals surface area contributed by atoms with Crippen molar-refractivity contribution in [1.29, 1.82) is 0 Å². The Morgan fingerprint density at radius 3 is 2.32 bits per heavy atom. The van der Waals surface area contributed by atoms with Crippen LogP contribution in [0.25, 0.3) is 0 Å². The number of piperidine rings is 1. The van der Waals surface area contributed by atoms with Crippen molar-refractivity contribution in [2.45, 2.75) is 70.0 Å². The fourth-order valence-electron chi connectivity index (χ4n) is 4.51. The predicted octanol–water partition coefficient (Wildman–Crippen LogP) is 2.43. The Balaban J connectivity index is 1.49. The minimum Gasteiger partial charge on any atom is -0.352 e. The van der Waals surface area contributed by atoms with Gasteiger partial charge in [0.25, 0.3) is 0 Å². The molecule has 2 fully saturated rings. The first-order chi connectivity index (χ1) is 13.5. The second-order valence-electron chi connectivity index (χ2n) is 8.48. The highest BCUT2D eigenvalue weighted by Crippen LogP contribution is 2.27. The molecule has 0 bridgehead atoms. The molecule has 0 spiro atoms. The highest BCUT2D eigenvalue weighted by atomic mass is 16.2. The van der Waals surface area contributed by atoms with Gasteiger partial charge in [0.1, 0.15) is 6.04 Å². The van der Waals surface area contributed by atoms with Crippen molar-refractivity contribution in [3.05, 3.63) is 35.9 Å². The van der Waals surface area contributed by atoms with Gasteiger partial charge in [0, 0.05) is 18.5 Å². The first-order valence-electron chi connectivity index (χ1n) is 10.7. The van der Waals surface area contributed by atoms with Gasteiger partial charge in [-0.1, -0.05) is 37.3 Å². The van der Waals surface area contributed by atoms with E-state index in [1.54, 1.807) is 0 Å². The number of hydrogen-bond acceptors (Lipinski definition) is 3. The van der Waals surface area contributed by atoms with E-state index in [0.717, 1.165) is 37.2 Å². The first kappa shape index (κ1) is 20.6. The van der Waals surface area contributed by atoms with E-state index in [9.17, 15) is 9.59 Å². The number of rotatable bonds is 6. The number of primary amides is 1. The summed E-state index contributed by atoms with van der Waals surface area (Å²) in [6.07, 6.45) is 7.30. The molecule has 154 valence electrons. The van der Waals surface area contributed by atoms with Gasteiger partial charge in [-0.05, 0) is 63.1 Å². The normalized spacial score (nSPS) is 25.0. The minimum absolute atomic E-state index is 0.141. The van der Waals surface area contributed by atoms with Crippen LogP contribution in [0.5, 0.6) is 0 Å². The summed E-state index contributed by atoms with van der Waals surface area (Å²) in [6, 6.07) is 9.22. The zero-order chi connectivity index (χ0) is 19.9. The van der Waals surface area contributed by atoms with Crippen LogP contribution in [0.1, 0.15) is 51.0 Å². The summed E-state index contributed by atoms with van der Waals surface area (Å²) in [6.45, 7) is 4.77. The minimum atomic E-state index is -0.667. The molecule has 2 aliphatic rings. The molecule has 0 radical (unpaired) electrons. The highest BCUT2D eigenvalue weighted by Gasteiger charge is 2.30. The van der Waals surface area contributed by atoms with Crippen molar-refractivity contribution < 1.29 is 9.59 Å². The molecule has 1 aromatic carbocycles. The smallest absolute Gasteiger partial charge is 0.312 e. The van der Waals surface area contributed by atoms with Crippen molar-refractivity contribution in [2.24, 2.45) is 11.7 Å². The maximum atomic E-state index is 12.8. The molecule has 1 heterocycles. The molecule has 1 saturated heterocycles. The standard InChI is InChI=1S/C22H34N4O2/c1-16-11-13-26(14-12-16)19-9-7-18(8-10-19)24-21(27)20(25-22(23)28)15-17-5-3-2-4-6-17/h2-6,16,18-20H,7-15H2,1H3,(H,24,27)(H3,23,25,28). The number of nitrogens with zero attached hydrogens (tertiary/aromatic N) is 1. The van der Waals surface area contributed by atoms with Crippen LogP contribution in [0, 0.1) is 5.92 Å². The van der Waals surface area contributed by atoms with E-state index in [0.29, 0.717) is 12.5 Å². The summed E-state index contributed by atoms with van der Waals surface area (Å²) >= 11 is 0. The van der Waals surface area contributed by atoms with Gasteiger partial charge in [0.2, 0.25) is 5.91 Å². The van der Waals surface area contributed by atoms with Crippen LogP contribution in [0.2, 0.25) is 0 Å². The van der Waals surface area contributed by atoms with Crippen molar-refractivity contribution in [3.63, 3.8) is 0 Å². The monoisotopic (exact) mass is 386 g/mol. The topological polar surface area (TPSA) is 87.5 Å². The second kappa shape index (κ2) is 9.92. The molecule has 3 rings (SSSR count). The third-order valence-corrected chi connectivity index (χ3v) is 6.29. The fraction of sp³-hybridized carbons (Fsp3) is 0.636. The number of urea groups is 1. The lowest BCUT2D eigenvalue weighted by Gasteiger charge is -2.40. The summed E-state index contributed by atoms with van der Waals surface area (Å²) in [7, 11) is 0. The molecule has 1 aromatic rings. The molecule has 1 aliphatic carbocycles. The molecule has 6 nitrogen and oxygen atoms in total. The third kappa shape index (κ3) is 5.96. The van der Waals surface area contributed by atoms with E-state index >= 15 is 0 Å². The van der Waals surface area contributed by atoms with Crippen molar-refractivity contribution in [2.75, 3.05) is 13.1 Å². The van der Waals surface area contributed by atoms with Gasteiger partial charge >= 0.3 is 6.03 Å². The van der Waals surface area contributed by atoms with Crippen LogP contribution >= 0.6 is 0 Å². The highest BCUT2D eigenvalue weighted by molar-refractivity contribution is 5.87. The zero-order valence-corrected chi connectivity index (χ0v) is 16.9. The van der Waals surface area contributed by atoms with Gasteiger partial charge in [0.15, 0.2) is 0 Å². The molecule has 1 atom stereocenters. The Morgan fingerprint density at radius 1 is 1.07 bits per heavy atom. The summed E-state index contributed by atoms with van der Waals surface area (Å²) in [5, 5.41) is 5.75. The van der Waals surface area contributed by atoms with E-state index in [-0.39, 0.29) is 11.9 Å². The largest absolute Gasteiger partial charge is 0.352 e.